The first-order valence-corrected chi connectivity index (χ1v) is 24.3. The van der Waals surface area contributed by atoms with E-state index in [0.29, 0.717) is 34.2 Å². The molecule has 74 heavy (non-hydrogen) atoms. The van der Waals surface area contributed by atoms with Crippen LogP contribution in [-0.2, 0) is 0 Å². The Morgan fingerprint density at radius 1 is 0.351 bits per heavy atom. The predicted molar refractivity (Wildman–Crippen MR) is 294 cm³/mol. The lowest BCUT2D eigenvalue weighted by molar-refractivity contribution is 0.672. The topological polar surface area (TPSA) is 122 Å². The summed E-state index contributed by atoms with van der Waals surface area (Å²) in [5.41, 5.74) is 13.9. The minimum absolute atomic E-state index is 0.357. The molecule has 0 unspecified atom stereocenters. The van der Waals surface area contributed by atoms with Crippen molar-refractivity contribution in [3.63, 3.8) is 0 Å². The molecule has 0 aliphatic heterocycles. The molecule has 0 aliphatic rings. The molecule has 15 aromatic rings. The van der Waals surface area contributed by atoms with Gasteiger partial charge in [-0.3, -0.25) is 0 Å². The van der Waals surface area contributed by atoms with Crippen molar-refractivity contribution in [2.75, 3.05) is 0 Å². The number of benzene rings is 10. The minimum Gasteiger partial charge on any atom is -0.455 e. The van der Waals surface area contributed by atoms with Crippen LogP contribution in [0.1, 0.15) is 11.1 Å². The first-order chi connectivity index (χ1) is 36.6. The highest BCUT2D eigenvalue weighted by molar-refractivity contribution is 6.25. The molecule has 15 rings (SSSR count). The summed E-state index contributed by atoms with van der Waals surface area (Å²) in [4.78, 5) is 15.6. The van der Waals surface area contributed by atoms with Gasteiger partial charge < -0.3 is 18.0 Å². The normalized spacial score (nSPS) is 11.8. The van der Waals surface area contributed by atoms with Gasteiger partial charge in [0.25, 0.3) is 0 Å². The SMILES string of the molecule is N#Cc1ccc(-c2cc(-n3c4ccccc4c4c5oc6ccccc6c5ccc43)ccc2-c2nc(-c3ccccc3)nc(-c3ccc(-n4c5ccccc5c5c6oc7ccccc7c6ccc54)cc3C#N)n2)cc1. The molecule has 0 aliphatic carbocycles. The van der Waals surface area contributed by atoms with Crippen LogP contribution in [0.25, 0.3) is 144 Å². The Labute approximate surface area is 421 Å². The van der Waals surface area contributed by atoms with Crippen molar-refractivity contribution in [2.45, 2.75) is 0 Å². The molecular formula is C65H35N7O2. The average molecular weight is 946 g/mol. The third-order valence-electron chi connectivity index (χ3n) is 14.5. The van der Waals surface area contributed by atoms with E-state index in [1.807, 2.05) is 121 Å². The van der Waals surface area contributed by atoms with Crippen molar-refractivity contribution in [3.05, 3.63) is 223 Å². The summed E-state index contributed by atoms with van der Waals surface area (Å²) < 4.78 is 17.7. The van der Waals surface area contributed by atoms with Crippen molar-refractivity contribution >= 4 is 87.5 Å². The van der Waals surface area contributed by atoms with Crippen LogP contribution < -0.4 is 0 Å². The highest BCUT2D eigenvalue weighted by atomic mass is 16.3. The maximum absolute atomic E-state index is 11.0. The van der Waals surface area contributed by atoms with Gasteiger partial charge >= 0.3 is 0 Å². The lowest BCUT2D eigenvalue weighted by Crippen LogP contribution is -2.03. The minimum atomic E-state index is 0.357. The molecule has 0 saturated heterocycles. The molecule has 0 radical (unpaired) electrons. The number of hydrogen-bond acceptors (Lipinski definition) is 7. The summed E-state index contributed by atoms with van der Waals surface area (Å²) in [7, 11) is 0. The standard InChI is InChI=1S/C65H35N7O2/c66-36-38-22-24-39(25-23-38)52-35-43(72-54-19-9-5-17-51(54)60-56(72)33-31-48-46-15-7-11-21-58(46)74-62(48)60)27-29-49(52)65-69-63(40-12-2-1-3-13-40)68-64(70-65)44-28-26-42(34-41(44)37-67)71-53-18-8-4-16-50(53)59-55(71)32-30-47-45-14-6-10-20-57(45)73-61(47)59/h1-35H. The molecule has 0 bridgehead atoms. The number of hydrogen-bond donors (Lipinski definition) is 0. The van der Waals surface area contributed by atoms with Crippen molar-refractivity contribution in [2.24, 2.45) is 0 Å². The number of rotatable bonds is 6. The van der Waals surface area contributed by atoms with Crippen LogP contribution in [0.2, 0.25) is 0 Å². The lowest BCUT2D eigenvalue weighted by atomic mass is 9.97. The molecule has 0 spiro atoms. The number of nitrogens with zero attached hydrogens (tertiary/aromatic N) is 7. The van der Waals surface area contributed by atoms with Gasteiger partial charge in [-0.25, -0.2) is 15.0 Å². The second-order valence-electron chi connectivity index (χ2n) is 18.5. The van der Waals surface area contributed by atoms with E-state index in [-0.39, 0.29) is 0 Å². The molecule has 0 fully saturated rings. The van der Waals surface area contributed by atoms with Crippen molar-refractivity contribution in [1.29, 1.82) is 10.5 Å². The van der Waals surface area contributed by atoms with Gasteiger partial charge in [0.15, 0.2) is 17.5 Å². The van der Waals surface area contributed by atoms with Crippen molar-refractivity contribution in [1.82, 2.24) is 24.1 Å². The Morgan fingerprint density at radius 3 is 1.43 bits per heavy atom. The Kier molecular flexibility index (Phi) is 8.88. The predicted octanol–water partition coefficient (Wildman–Crippen LogP) is 16.3. The number of furan rings is 2. The molecule has 0 saturated carbocycles. The zero-order chi connectivity index (χ0) is 49.0. The van der Waals surface area contributed by atoms with Crippen LogP contribution >= 0.6 is 0 Å². The molecule has 0 atom stereocenters. The van der Waals surface area contributed by atoms with E-state index in [9.17, 15) is 10.5 Å². The monoisotopic (exact) mass is 945 g/mol. The average Bonchev–Trinajstić information content (AvgIpc) is 4.27. The van der Waals surface area contributed by atoms with E-state index in [2.05, 4.69) is 112 Å². The van der Waals surface area contributed by atoms with E-state index in [1.54, 1.807) is 0 Å². The van der Waals surface area contributed by atoms with Crippen molar-refractivity contribution < 1.29 is 8.83 Å². The zero-order valence-electron chi connectivity index (χ0n) is 39.2. The number of fused-ring (bicyclic) bond motifs is 14. The fourth-order valence-electron chi connectivity index (χ4n) is 11.1. The van der Waals surface area contributed by atoms with Gasteiger partial charge in [0, 0.05) is 60.4 Å². The summed E-state index contributed by atoms with van der Waals surface area (Å²) in [6, 6.07) is 76.0. The third kappa shape index (κ3) is 6.11. The molecule has 0 amide bonds. The summed E-state index contributed by atoms with van der Waals surface area (Å²) in [6.45, 7) is 0. The van der Waals surface area contributed by atoms with E-state index >= 15 is 0 Å². The second-order valence-corrected chi connectivity index (χ2v) is 18.5. The van der Waals surface area contributed by atoms with Crippen LogP contribution in [0.3, 0.4) is 0 Å². The van der Waals surface area contributed by atoms with Crippen LogP contribution in [0.5, 0.6) is 0 Å². The second kappa shape index (κ2) is 16.0. The summed E-state index contributed by atoms with van der Waals surface area (Å²) in [6.07, 6.45) is 0. The Bertz CT molecular complexity index is 4930. The van der Waals surface area contributed by atoms with Gasteiger partial charge in [0.1, 0.15) is 22.3 Å². The maximum atomic E-state index is 11.0. The molecule has 10 aromatic carbocycles. The van der Waals surface area contributed by atoms with Gasteiger partial charge in [0.05, 0.1) is 56.1 Å². The van der Waals surface area contributed by atoms with Gasteiger partial charge in [-0.05, 0) is 108 Å². The molecule has 9 nitrogen and oxygen atoms in total. The Morgan fingerprint density at radius 2 is 0.851 bits per heavy atom. The summed E-state index contributed by atoms with van der Waals surface area (Å²) in [5, 5.41) is 29.3. The van der Waals surface area contributed by atoms with Crippen LogP contribution in [0.4, 0.5) is 0 Å². The largest absolute Gasteiger partial charge is 0.455 e. The summed E-state index contributed by atoms with van der Waals surface area (Å²) in [5.74, 6) is 1.24. The maximum Gasteiger partial charge on any atom is 0.165 e. The molecular weight excluding hydrogens is 911 g/mol. The van der Waals surface area contributed by atoms with E-state index in [0.717, 1.165) is 121 Å². The third-order valence-corrected chi connectivity index (χ3v) is 14.5. The lowest BCUT2D eigenvalue weighted by Gasteiger charge is -2.16. The first-order valence-electron chi connectivity index (χ1n) is 24.3. The molecule has 5 heterocycles. The number of nitriles is 2. The highest BCUT2D eigenvalue weighted by Gasteiger charge is 2.24. The van der Waals surface area contributed by atoms with E-state index < -0.39 is 0 Å². The quantitative estimate of drug-likeness (QED) is 0.163. The fourth-order valence-corrected chi connectivity index (χ4v) is 11.1. The molecule has 342 valence electrons. The van der Waals surface area contributed by atoms with Gasteiger partial charge in [0.2, 0.25) is 0 Å². The number of para-hydroxylation sites is 4. The van der Waals surface area contributed by atoms with Crippen LogP contribution in [0.15, 0.2) is 221 Å². The van der Waals surface area contributed by atoms with E-state index in [1.165, 1.54) is 0 Å². The van der Waals surface area contributed by atoms with Crippen LogP contribution in [-0.4, -0.2) is 24.1 Å². The first kappa shape index (κ1) is 41.2. The highest BCUT2D eigenvalue weighted by Crippen LogP contribution is 2.44. The fraction of sp³-hybridized carbons (Fsp3) is 0. The van der Waals surface area contributed by atoms with Gasteiger partial charge in [-0.1, -0.05) is 115 Å². The van der Waals surface area contributed by atoms with Gasteiger partial charge in [-0.2, -0.15) is 10.5 Å². The molecule has 9 heteroatoms. The molecule has 5 aromatic heterocycles. The van der Waals surface area contributed by atoms with E-state index in [4.69, 9.17) is 23.8 Å². The summed E-state index contributed by atoms with van der Waals surface area (Å²) >= 11 is 0. The smallest absolute Gasteiger partial charge is 0.165 e. The number of aromatic nitrogens is 5. The van der Waals surface area contributed by atoms with Gasteiger partial charge in [-0.15, -0.1) is 0 Å². The van der Waals surface area contributed by atoms with Crippen LogP contribution in [0, 0.1) is 22.7 Å². The Hall–Kier alpha value is -10.6. The zero-order valence-corrected chi connectivity index (χ0v) is 39.2. The molecule has 0 N–H and O–H groups in total. The Balaban J connectivity index is 0.927. The van der Waals surface area contributed by atoms with Crippen molar-refractivity contribution in [3.8, 4) is 68.8 Å².